The summed E-state index contributed by atoms with van der Waals surface area (Å²) in [6.45, 7) is 2.65. The van der Waals surface area contributed by atoms with Crippen LogP contribution in [0.5, 0.6) is 5.75 Å². The number of nitrogen functional groups attached to an aromatic ring is 1. The zero-order valence-electron chi connectivity index (χ0n) is 11.6. The molecule has 1 heterocycles. The van der Waals surface area contributed by atoms with Crippen LogP contribution in [0.15, 0.2) is 30.5 Å². The fraction of sp³-hybridized carbons (Fsp3) is 0.286. The Morgan fingerprint density at radius 2 is 2.30 bits per heavy atom. The van der Waals surface area contributed by atoms with Crippen molar-refractivity contribution in [2.75, 3.05) is 17.7 Å². The molecule has 0 bridgehead atoms. The van der Waals surface area contributed by atoms with Crippen LogP contribution in [0.2, 0.25) is 0 Å². The Kier molecular flexibility index (Phi) is 4.24. The summed E-state index contributed by atoms with van der Waals surface area (Å²) in [5.74, 6) is 0.912. The Hall–Kier alpha value is -2.50. The molecule has 6 heteroatoms. The maximum atomic E-state index is 12.2. The third kappa shape index (κ3) is 3.09. The van der Waals surface area contributed by atoms with Crippen molar-refractivity contribution in [3.05, 3.63) is 36.0 Å². The minimum absolute atomic E-state index is 0.248. The Bertz CT molecular complexity index is 587. The van der Waals surface area contributed by atoms with Crippen LogP contribution in [0.3, 0.4) is 0 Å². The number of hydrogen-bond acceptors (Lipinski definition) is 4. The van der Waals surface area contributed by atoms with Crippen LogP contribution in [-0.2, 0) is 7.05 Å². The summed E-state index contributed by atoms with van der Waals surface area (Å²) >= 11 is 0. The van der Waals surface area contributed by atoms with Crippen LogP contribution in [0.25, 0.3) is 0 Å². The average Bonchev–Trinajstić information content (AvgIpc) is 2.77. The summed E-state index contributed by atoms with van der Waals surface area (Å²) in [6, 6.07) is 7.04. The number of aromatic nitrogens is 2. The molecule has 20 heavy (non-hydrogen) atoms. The molecule has 1 aromatic heterocycles. The molecule has 0 aliphatic carbocycles. The van der Waals surface area contributed by atoms with E-state index in [1.165, 1.54) is 10.9 Å². The lowest BCUT2D eigenvalue weighted by molar-refractivity contribution is 0.102. The maximum absolute atomic E-state index is 12.2. The summed E-state index contributed by atoms with van der Waals surface area (Å²) in [5, 5.41) is 6.71. The van der Waals surface area contributed by atoms with Crippen molar-refractivity contribution in [3.8, 4) is 5.75 Å². The molecule has 0 aliphatic rings. The van der Waals surface area contributed by atoms with Gasteiger partial charge in [0.1, 0.15) is 5.75 Å². The Labute approximate surface area is 117 Å². The molecule has 0 radical (unpaired) electrons. The normalized spacial score (nSPS) is 10.3. The minimum Gasteiger partial charge on any atom is -0.494 e. The Balaban J connectivity index is 2.13. The highest BCUT2D eigenvalue weighted by Crippen LogP contribution is 2.19. The quantitative estimate of drug-likeness (QED) is 0.874. The highest BCUT2D eigenvalue weighted by atomic mass is 16.5. The van der Waals surface area contributed by atoms with E-state index in [1.807, 2.05) is 13.0 Å². The zero-order chi connectivity index (χ0) is 14.5. The van der Waals surface area contributed by atoms with Gasteiger partial charge in [0.05, 0.1) is 18.5 Å². The van der Waals surface area contributed by atoms with Gasteiger partial charge in [-0.05, 0) is 24.6 Å². The molecule has 0 spiro atoms. The van der Waals surface area contributed by atoms with Gasteiger partial charge in [0.2, 0.25) is 0 Å². The first-order valence-electron chi connectivity index (χ1n) is 6.43. The van der Waals surface area contributed by atoms with E-state index in [1.54, 1.807) is 25.2 Å². The SMILES string of the molecule is CCCOc1cccc(C(=O)Nc2c(N)cnn2C)c1. The van der Waals surface area contributed by atoms with Crippen LogP contribution in [0.1, 0.15) is 23.7 Å². The summed E-state index contributed by atoms with van der Waals surface area (Å²) in [7, 11) is 1.72. The largest absolute Gasteiger partial charge is 0.494 e. The van der Waals surface area contributed by atoms with Gasteiger partial charge in [-0.25, -0.2) is 0 Å². The number of rotatable bonds is 5. The number of ether oxygens (including phenoxy) is 1. The van der Waals surface area contributed by atoms with Crippen molar-refractivity contribution >= 4 is 17.4 Å². The second kappa shape index (κ2) is 6.10. The molecule has 6 nitrogen and oxygen atoms in total. The third-order valence-electron chi connectivity index (χ3n) is 2.77. The molecule has 0 fully saturated rings. The van der Waals surface area contributed by atoms with Crippen LogP contribution < -0.4 is 15.8 Å². The molecule has 2 rings (SSSR count). The molecular formula is C14H18N4O2. The lowest BCUT2D eigenvalue weighted by Crippen LogP contribution is -2.15. The molecular weight excluding hydrogens is 256 g/mol. The lowest BCUT2D eigenvalue weighted by Gasteiger charge is -2.08. The van der Waals surface area contributed by atoms with Crippen molar-refractivity contribution in [1.29, 1.82) is 0 Å². The molecule has 3 N–H and O–H groups in total. The minimum atomic E-state index is -0.248. The van der Waals surface area contributed by atoms with Gasteiger partial charge in [-0.1, -0.05) is 13.0 Å². The smallest absolute Gasteiger partial charge is 0.257 e. The van der Waals surface area contributed by atoms with E-state index in [0.717, 1.165) is 6.42 Å². The van der Waals surface area contributed by atoms with Gasteiger partial charge in [-0.3, -0.25) is 9.48 Å². The number of anilines is 2. The standard InChI is InChI=1S/C14H18N4O2/c1-3-7-20-11-6-4-5-10(8-11)14(19)17-13-12(15)9-16-18(13)2/h4-6,8-9H,3,7,15H2,1-2H3,(H,17,19). The summed E-state index contributed by atoms with van der Waals surface area (Å²) in [4.78, 5) is 12.2. The van der Waals surface area contributed by atoms with Crippen molar-refractivity contribution in [2.24, 2.45) is 7.05 Å². The van der Waals surface area contributed by atoms with Crippen LogP contribution in [-0.4, -0.2) is 22.3 Å². The van der Waals surface area contributed by atoms with Crippen LogP contribution in [0, 0.1) is 0 Å². The first kappa shape index (κ1) is 13.9. The van der Waals surface area contributed by atoms with Gasteiger partial charge in [-0.2, -0.15) is 5.10 Å². The van der Waals surface area contributed by atoms with Crippen molar-refractivity contribution in [2.45, 2.75) is 13.3 Å². The van der Waals surface area contributed by atoms with Gasteiger partial charge >= 0.3 is 0 Å². The topological polar surface area (TPSA) is 82.2 Å². The Morgan fingerprint density at radius 3 is 2.95 bits per heavy atom. The molecule has 1 aromatic carbocycles. The van der Waals surface area contributed by atoms with E-state index in [4.69, 9.17) is 10.5 Å². The fourth-order valence-electron chi connectivity index (χ4n) is 1.73. The summed E-state index contributed by atoms with van der Waals surface area (Å²) < 4.78 is 7.02. The van der Waals surface area contributed by atoms with Crippen molar-refractivity contribution < 1.29 is 9.53 Å². The number of carbonyl (C=O) groups is 1. The predicted octanol–water partition coefficient (Wildman–Crippen LogP) is 2.04. The molecule has 0 aliphatic heterocycles. The number of nitrogens with two attached hydrogens (primary N) is 1. The molecule has 0 atom stereocenters. The number of amides is 1. The zero-order valence-corrected chi connectivity index (χ0v) is 11.6. The fourth-order valence-corrected chi connectivity index (χ4v) is 1.73. The van der Waals surface area contributed by atoms with E-state index >= 15 is 0 Å². The van der Waals surface area contributed by atoms with Gasteiger partial charge in [0.25, 0.3) is 5.91 Å². The lowest BCUT2D eigenvalue weighted by atomic mass is 10.2. The molecule has 0 unspecified atom stereocenters. The molecule has 106 valence electrons. The van der Waals surface area contributed by atoms with Crippen LogP contribution in [0.4, 0.5) is 11.5 Å². The number of aryl methyl sites for hydroxylation is 1. The molecule has 0 saturated heterocycles. The number of hydrogen-bond donors (Lipinski definition) is 2. The second-order valence-electron chi connectivity index (χ2n) is 4.40. The monoisotopic (exact) mass is 274 g/mol. The van der Waals surface area contributed by atoms with E-state index in [9.17, 15) is 4.79 Å². The molecule has 1 amide bonds. The summed E-state index contributed by atoms with van der Waals surface area (Å²) in [5.41, 5.74) is 6.68. The highest BCUT2D eigenvalue weighted by molar-refractivity contribution is 6.05. The predicted molar refractivity (Wildman–Crippen MR) is 77.8 cm³/mol. The first-order chi connectivity index (χ1) is 9.61. The number of benzene rings is 1. The van der Waals surface area contributed by atoms with Crippen molar-refractivity contribution in [1.82, 2.24) is 9.78 Å². The maximum Gasteiger partial charge on any atom is 0.257 e. The van der Waals surface area contributed by atoms with Crippen molar-refractivity contribution in [3.63, 3.8) is 0 Å². The molecule has 0 saturated carbocycles. The van der Waals surface area contributed by atoms with Gasteiger partial charge in [-0.15, -0.1) is 0 Å². The summed E-state index contributed by atoms with van der Waals surface area (Å²) in [6.07, 6.45) is 2.42. The van der Waals surface area contributed by atoms with Gasteiger partial charge < -0.3 is 15.8 Å². The number of carbonyl (C=O) groups excluding carboxylic acids is 1. The van der Waals surface area contributed by atoms with E-state index < -0.39 is 0 Å². The highest BCUT2D eigenvalue weighted by Gasteiger charge is 2.12. The Morgan fingerprint density at radius 1 is 1.50 bits per heavy atom. The molecule has 2 aromatic rings. The van der Waals surface area contributed by atoms with E-state index in [0.29, 0.717) is 29.4 Å². The third-order valence-corrected chi connectivity index (χ3v) is 2.77. The van der Waals surface area contributed by atoms with Gasteiger partial charge in [0, 0.05) is 12.6 Å². The van der Waals surface area contributed by atoms with E-state index in [2.05, 4.69) is 10.4 Å². The van der Waals surface area contributed by atoms with E-state index in [-0.39, 0.29) is 5.91 Å². The first-order valence-corrected chi connectivity index (χ1v) is 6.43. The number of nitrogens with one attached hydrogen (secondary N) is 1. The average molecular weight is 274 g/mol. The van der Waals surface area contributed by atoms with Crippen LogP contribution >= 0.6 is 0 Å². The number of nitrogens with zero attached hydrogens (tertiary/aromatic N) is 2. The second-order valence-corrected chi connectivity index (χ2v) is 4.40. The van der Waals surface area contributed by atoms with Gasteiger partial charge in [0.15, 0.2) is 5.82 Å².